The number of fused-ring (bicyclic) bond motifs is 1. The number of hydrogen-bond donors (Lipinski definition) is 2. The van der Waals surface area contributed by atoms with Gasteiger partial charge in [-0.25, -0.2) is 0 Å². The summed E-state index contributed by atoms with van der Waals surface area (Å²) in [6.07, 6.45) is 2.40. The van der Waals surface area contributed by atoms with Crippen LogP contribution in [0, 0.1) is 0 Å². The molecule has 0 spiro atoms. The molecule has 0 saturated heterocycles. The second-order valence-electron chi connectivity index (χ2n) is 5.43. The molecule has 3 rings (SSSR count). The molecule has 0 bridgehead atoms. The van der Waals surface area contributed by atoms with Crippen molar-refractivity contribution >= 4 is 11.4 Å². The lowest BCUT2D eigenvalue weighted by Crippen LogP contribution is -2.15. The predicted octanol–water partition coefficient (Wildman–Crippen LogP) is 3.80. The second kappa shape index (κ2) is 6.64. The number of hydrogen-bond acceptors (Lipinski definition) is 3. The Hall–Kier alpha value is -2.00. The van der Waals surface area contributed by atoms with E-state index in [2.05, 4.69) is 47.0 Å². The van der Waals surface area contributed by atoms with Crippen molar-refractivity contribution in [2.45, 2.75) is 26.0 Å². The van der Waals surface area contributed by atoms with Crippen LogP contribution in [-0.2, 0) is 24.3 Å². The van der Waals surface area contributed by atoms with Gasteiger partial charge in [0, 0.05) is 37.1 Å². The summed E-state index contributed by atoms with van der Waals surface area (Å²) in [6.45, 7) is 2.54. The summed E-state index contributed by atoms with van der Waals surface area (Å²) < 4.78 is 5.26. The third-order valence-electron chi connectivity index (χ3n) is 3.95. The Balaban J connectivity index is 1.76. The lowest BCUT2D eigenvalue weighted by molar-refractivity contribution is 0.185. The third kappa shape index (κ3) is 3.19. The predicted molar refractivity (Wildman–Crippen MR) is 87.7 cm³/mol. The van der Waals surface area contributed by atoms with Crippen LogP contribution in [0.4, 0.5) is 11.4 Å². The van der Waals surface area contributed by atoms with E-state index in [0.29, 0.717) is 6.61 Å². The van der Waals surface area contributed by atoms with Crippen LogP contribution in [0.25, 0.3) is 0 Å². The van der Waals surface area contributed by atoms with Gasteiger partial charge in [0.2, 0.25) is 0 Å². The monoisotopic (exact) mass is 282 g/mol. The van der Waals surface area contributed by atoms with Crippen molar-refractivity contribution in [2.75, 3.05) is 24.3 Å². The van der Waals surface area contributed by atoms with Gasteiger partial charge < -0.3 is 15.4 Å². The Bertz CT molecular complexity index is 610. The molecule has 2 N–H and O–H groups in total. The van der Waals surface area contributed by atoms with Gasteiger partial charge in [0.25, 0.3) is 0 Å². The average molecular weight is 282 g/mol. The first-order valence-electron chi connectivity index (χ1n) is 7.54. The Labute approximate surface area is 126 Å². The van der Waals surface area contributed by atoms with Crippen molar-refractivity contribution < 1.29 is 4.74 Å². The number of anilines is 2. The van der Waals surface area contributed by atoms with E-state index in [-0.39, 0.29) is 0 Å². The van der Waals surface area contributed by atoms with Gasteiger partial charge in [-0.2, -0.15) is 0 Å². The standard InChI is InChI=1S/C18H22N2O/c1-21-13-16-6-2-3-10-17(16)20-12-15-8-4-7-14-9-5-11-19-18(14)15/h2-4,6-8,10,19-20H,5,9,11-13H2,1H3. The minimum Gasteiger partial charge on any atom is -0.385 e. The largest absolute Gasteiger partial charge is 0.385 e. The molecular weight excluding hydrogens is 260 g/mol. The van der Waals surface area contributed by atoms with Gasteiger partial charge in [0.15, 0.2) is 0 Å². The summed E-state index contributed by atoms with van der Waals surface area (Å²) in [5.41, 5.74) is 6.43. The molecular formula is C18H22N2O. The van der Waals surface area contributed by atoms with Gasteiger partial charge in [-0.3, -0.25) is 0 Å². The second-order valence-corrected chi connectivity index (χ2v) is 5.43. The summed E-state index contributed by atoms with van der Waals surface area (Å²) in [4.78, 5) is 0. The highest BCUT2D eigenvalue weighted by Gasteiger charge is 2.12. The lowest BCUT2D eigenvalue weighted by Gasteiger charge is -2.22. The highest BCUT2D eigenvalue weighted by atomic mass is 16.5. The number of aryl methyl sites for hydroxylation is 1. The number of para-hydroxylation sites is 2. The molecule has 2 aromatic carbocycles. The molecule has 21 heavy (non-hydrogen) atoms. The van der Waals surface area contributed by atoms with Crippen LogP contribution < -0.4 is 10.6 Å². The Morgan fingerprint density at radius 3 is 2.86 bits per heavy atom. The fourth-order valence-electron chi connectivity index (χ4n) is 2.89. The summed E-state index contributed by atoms with van der Waals surface area (Å²) >= 11 is 0. The molecule has 0 amide bonds. The van der Waals surface area contributed by atoms with Gasteiger partial charge >= 0.3 is 0 Å². The van der Waals surface area contributed by atoms with E-state index in [0.717, 1.165) is 18.8 Å². The highest BCUT2D eigenvalue weighted by molar-refractivity contribution is 5.61. The van der Waals surface area contributed by atoms with Crippen LogP contribution in [0.3, 0.4) is 0 Å². The van der Waals surface area contributed by atoms with Crippen molar-refractivity contribution in [3.05, 3.63) is 59.2 Å². The van der Waals surface area contributed by atoms with Gasteiger partial charge in [0.1, 0.15) is 0 Å². The maximum atomic E-state index is 5.26. The quantitative estimate of drug-likeness (QED) is 0.875. The molecule has 0 unspecified atom stereocenters. The number of rotatable bonds is 5. The topological polar surface area (TPSA) is 33.3 Å². The fourth-order valence-corrected chi connectivity index (χ4v) is 2.89. The van der Waals surface area contributed by atoms with Crippen LogP contribution in [0.15, 0.2) is 42.5 Å². The van der Waals surface area contributed by atoms with E-state index < -0.39 is 0 Å². The first kappa shape index (κ1) is 14.0. The normalized spacial score (nSPS) is 13.4. The summed E-state index contributed by atoms with van der Waals surface area (Å²) in [6, 6.07) is 14.9. The van der Waals surface area contributed by atoms with Crippen LogP contribution in [0.5, 0.6) is 0 Å². The zero-order valence-corrected chi connectivity index (χ0v) is 12.5. The minimum atomic E-state index is 0.633. The van der Waals surface area contributed by atoms with E-state index in [4.69, 9.17) is 4.74 Å². The fraction of sp³-hybridized carbons (Fsp3) is 0.333. The first-order valence-corrected chi connectivity index (χ1v) is 7.54. The smallest absolute Gasteiger partial charge is 0.0733 e. The summed E-state index contributed by atoms with van der Waals surface area (Å²) in [5.74, 6) is 0. The van der Waals surface area contributed by atoms with Gasteiger partial charge in [-0.1, -0.05) is 36.4 Å². The molecule has 0 aromatic heterocycles. The highest BCUT2D eigenvalue weighted by Crippen LogP contribution is 2.27. The number of benzene rings is 2. The lowest BCUT2D eigenvalue weighted by atomic mass is 9.99. The molecule has 0 saturated carbocycles. The summed E-state index contributed by atoms with van der Waals surface area (Å²) in [7, 11) is 1.73. The molecule has 2 aromatic rings. The van der Waals surface area contributed by atoms with Crippen LogP contribution in [0.1, 0.15) is 23.1 Å². The molecule has 110 valence electrons. The molecule has 0 fully saturated rings. The Kier molecular flexibility index (Phi) is 4.41. The van der Waals surface area contributed by atoms with E-state index in [1.165, 1.54) is 35.2 Å². The van der Waals surface area contributed by atoms with E-state index in [1.54, 1.807) is 7.11 Å². The first-order chi connectivity index (χ1) is 10.4. The molecule has 1 heterocycles. The Morgan fingerprint density at radius 2 is 1.95 bits per heavy atom. The molecule has 1 aliphatic rings. The van der Waals surface area contributed by atoms with Gasteiger partial charge in [0.05, 0.1) is 6.61 Å². The van der Waals surface area contributed by atoms with Crippen molar-refractivity contribution in [2.24, 2.45) is 0 Å². The third-order valence-corrected chi connectivity index (χ3v) is 3.95. The van der Waals surface area contributed by atoms with Gasteiger partial charge in [-0.05, 0) is 30.0 Å². The summed E-state index contributed by atoms with van der Waals surface area (Å²) in [5, 5.41) is 7.09. The zero-order valence-electron chi connectivity index (χ0n) is 12.5. The number of methoxy groups -OCH3 is 1. The van der Waals surface area contributed by atoms with E-state index >= 15 is 0 Å². The van der Waals surface area contributed by atoms with E-state index in [9.17, 15) is 0 Å². The maximum absolute atomic E-state index is 5.26. The van der Waals surface area contributed by atoms with Crippen molar-refractivity contribution in [1.82, 2.24) is 0 Å². The zero-order chi connectivity index (χ0) is 14.5. The maximum Gasteiger partial charge on any atom is 0.0733 e. The molecule has 0 aliphatic carbocycles. The van der Waals surface area contributed by atoms with Crippen molar-refractivity contribution in [3.8, 4) is 0 Å². The minimum absolute atomic E-state index is 0.633. The van der Waals surface area contributed by atoms with Crippen LogP contribution in [-0.4, -0.2) is 13.7 Å². The Morgan fingerprint density at radius 1 is 1.10 bits per heavy atom. The molecule has 1 aliphatic heterocycles. The number of ether oxygens (including phenoxy) is 1. The molecule has 3 nitrogen and oxygen atoms in total. The molecule has 3 heteroatoms. The van der Waals surface area contributed by atoms with Crippen molar-refractivity contribution in [3.63, 3.8) is 0 Å². The van der Waals surface area contributed by atoms with Crippen LogP contribution in [0.2, 0.25) is 0 Å². The van der Waals surface area contributed by atoms with E-state index in [1.807, 2.05) is 6.07 Å². The SMILES string of the molecule is COCc1ccccc1NCc1cccc2c1NCCC2. The van der Waals surface area contributed by atoms with Crippen molar-refractivity contribution in [1.29, 1.82) is 0 Å². The van der Waals surface area contributed by atoms with Crippen LogP contribution >= 0.6 is 0 Å². The average Bonchev–Trinajstić information content (AvgIpc) is 2.54. The molecule has 0 atom stereocenters. The molecule has 0 radical (unpaired) electrons. The van der Waals surface area contributed by atoms with Gasteiger partial charge in [-0.15, -0.1) is 0 Å². The number of nitrogens with one attached hydrogen (secondary N) is 2.